The zero-order valence-electron chi connectivity index (χ0n) is 18.9. The van der Waals surface area contributed by atoms with E-state index in [0.717, 1.165) is 47.5 Å². The van der Waals surface area contributed by atoms with E-state index in [0.29, 0.717) is 29.7 Å². The van der Waals surface area contributed by atoms with Crippen molar-refractivity contribution in [3.63, 3.8) is 0 Å². The molecule has 2 aromatic carbocycles. The van der Waals surface area contributed by atoms with Gasteiger partial charge >= 0.3 is 6.03 Å². The second kappa shape index (κ2) is 11.0. The number of aliphatic hydroxyl groups excluding tert-OH is 1. The smallest absolute Gasteiger partial charge is 0.317 e. The van der Waals surface area contributed by atoms with E-state index in [-0.39, 0.29) is 18.6 Å². The van der Waals surface area contributed by atoms with Crippen molar-refractivity contribution in [3.8, 4) is 0 Å². The molecule has 33 heavy (non-hydrogen) atoms. The fourth-order valence-electron chi connectivity index (χ4n) is 4.76. The molecule has 8 heteroatoms. The summed E-state index contributed by atoms with van der Waals surface area (Å²) in [5.41, 5.74) is 1.93. The van der Waals surface area contributed by atoms with Gasteiger partial charge in [0.1, 0.15) is 0 Å². The van der Waals surface area contributed by atoms with E-state index in [1.807, 2.05) is 36.4 Å². The molecule has 1 fully saturated rings. The first kappa shape index (κ1) is 24.1. The van der Waals surface area contributed by atoms with Crippen LogP contribution in [0.15, 0.2) is 36.4 Å². The van der Waals surface area contributed by atoms with Crippen LogP contribution in [-0.2, 0) is 11.3 Å². The molecule has 2 N–H and O–H groups in total. The zero-order chi connectivity index (χ0) is 23.4. The molecular formula is C25H31Cl2N3O3. The quantitative estimate of drug-likeness (QED) is 0.439. The van der Waals surface area contributed by atoms with Crippen molar-refractivity contribution in [2.24, 2.45) is 0 Å². The molecule has 0 radical (unpaired) electrons. The molecule has 1 aliphatic rings. The minimum Gasteiger partial charge on any atom is -0.389 e. The number of ether oxygens (including phenoxy) is 1. The number of carbonyl (C=O) groups is 1. The number of nitrogens with one attached hydrogen (secondary N) is 1. The number of aromatic nitrogens is 1. The summed E-state index contributed by atoms with van der Waals surface area (Å²) >= 11 is 12.5. The number of hydrogen-bond acceptors (Lipinski definition) is 3. The van der Waals surface area contributed by atoms with Gasteiger partial charge < -0.3 is 24.6 Å². The van der Waals surface area contributed by atoms with Crippen molar-refractivity contribution >= 4 is 51.0 Å². The van der Waals surface area contributed by atoms with Gasteiger partial charge in [0.15, 0.2) is 0 Å². The summed E-state index contributed by atoms with van der Waals surface area (Å²) in [5.74, 6) is 0. The van der Waals surface area contributed by atoms with Crippen LogP contribution in [-0.4, -0.2) is 59.6 Å². The summed E-state index contributed by atoms with van der Waals surface area (Å²) < 4.78 is 7.27. The van der Waals surface area contributed by atoms with E-state index in [9.17, 15) is 9.90 Å². The molecular weight excluding hydrogens is 461 g/mol. The molecule has 1 heterocycles. The molecule has 0 spiro atoms. The number of nitrogens with zero attached hydrogens (tertiary/aromatic N) is 2. The second-order valence-corrected chi connectivity index (χ2v) is 9.68. The lowest BCUT2D eigenvalue weighted by Crippen LogP contribution is -2.49. The summed E-state index contributed by atoms with van der Waals surface area (Å²) in [4.78, 5) is 14.6. The molecule has 4 rings (SSSR count). The average Bonchev–Trinajstić information content (AvgIpc) is 3.09. The highest BCUT2D eigenvalue weighted by Crippen LogP contribution is 2.33. The fourth-order valence-corrected chi connectivity index (χ4v) is 5.10. The molecule has 1 saturated carbocycles. The Morgan fingerprint density at radius 3 is 2.30 bits per heavy atom. The predicted octanol–water partition coefficient (Wildman–Crippen LogP) is 5.45. The van der Waals surface area contributed by atoms with Crippen molar-refractivity contribution in [3.05, 3.63) is 46.4 Å². The fraction of sp³-hybridized carbons (Fsp3) is 0.480. The first-order valence-corrected chi connectivity index (χ1v) is 12.3. The summed E-state index contributed by atoms with van der Waals surface area (Å²) in [6.45, 7) is 1.38. The van der Waals surface area contributed by atoms with Gasteiger partial charge in [-0.25, -0.2) is 4.79 Å². The zero-order valence-corrected chi connectivity index (χ0v) is 20.4. The molecule has 0 bridgehead atoms. The van der Waals surface area contributed by atoms with Crippen LogP contribution in [0.3, 0.4) is 0 Å². The number of urea groups is 1. The Kier molecular flexibility index (Phi) is 8.02. The van der Waals surface area contributed by atoms with Gasteiger partial charge in [-0.3, -0.25) is 0 Å². The SMILES string of the molecule is COCCN(CC(O)Cn1c2ccc(Cl)cc2c2cc(Cl)ccc21)C(=O)NC1CCCCC1. The van der Waals surface area contributed by atoms with E-state index in [1.54, 1.807) is 12.0 Å². The van der Waals surface area contributed by atoms with Gasteiger partial charge in [-0.15, -0.1) is 0 Å². The Labute approximate surface area is 204 Å². The minimum absolute atomic E-state index is 0.140. The van der Waals surface area contributed by atoms with Crippen LogP contribution in [0, 0.1) is 0 Å². The lowest BCUT2D eigenvalue weighted by atomic mass is 9.96. The number of rotatable bonds is 8. The Morgan fingerprint density at radius 1 is 1.12 bits per heavy atom. The topological polar surface area (TPSA) is 66.7 Å². The molecule has 2 amide bonds. The number of fused-ring (bicyclic) bond motifs is 3. The molecule has 1 unspecified atom stereocenters. The van der Waals surface area contributed by atoms with Crippen LogP contribution < -0.4 is 5.32 Å². The average molecular weight is 492 g/mol. The monoisotopic (exact) mass is 491 g/mol. The Morgan fingerprint density at radius 2 is 1.73 bits per heavy atom. The van der Waals surface area contributed by atoms with Crippen molar-refractivity contribution < 1.29 is 14.6 Å². The largest absolute Gasteiger partial charge is 0.389 e. The van der Waals surface area contributed by atoms with Crippen LogP contribution >= 0.6 is 23.2 Å². The molecule has 6 nitrogen and oxygen atoms in total. The Balaban J connectivity index is 1.54. The van der Waals surface area contributed by atoms with Gasteiger partial charge in [0, 0.05) is 51.5 Å². The van der Waals surface area contributed by atoms with Gasteiger partial charge in [-0.1, -0.05) is 42.5 Å². The molecule has 1 atom stereocenters. The van der Waals surface area contributed by atoms with Gasteiger partial charge in [-0.2, -0.15) is 0 Å². The lowest BCUT2D eigenvalue weighted by Gasteiger charge is -2.30. The minimum atomic E-state index is -0.760. The summed E-state index contributed by atoms with van der Waals surface area (Å²) in [5, 5.41) is 17.4. The van der Waals surface area contributed by atoms with Crippen molar-refractivity contribution in [2.45, 2.75) is 50.8 Å². The van der Waals surface area contributed by atoms with E-state index in [4.69, 9.17) is 27.9 Å². The normalized spacial score (nSPS) is 15.8. The first-order valence-electron chi connectivity index (χ1n) is 11.6. The summed E-state index contributed by atoms with van der Waals surface area (Å²) in [7, 11) is 1.61. The molecule has 1 aromatic heterocycles. The van der Waals surface area contributed by atoms with E-state index in [2.05, 4.69) is 9.88 Å². The van der Waals surface area contributed by atoms with Crippen molar-refractivity contribution in [1.82, 2.24) is 14.8 Å². The van der Waals surface area contributed by atoms with E-state index >= 15 is 0 Å². The molecule has 0 saturated heterocycles. The van der Waals surface area contributed by atoms with Crippen LogP contribution in [0.1, 0.15) is 32.1 Å². The van der Waals surface area contributed by atoms with Gasteiger partial charge in [0.2, 0.25) is 0 Å². The molecule has 0 aliphatic heterocycles. The highest BCUT2D eigenvalue weighted by atomic mass is 35.5. The molecule has 3 aromatic rings. The van der Waals surface area contributed by atoms with Crippen molar-refractivity contribution in [2.75, 3.05) is 26.8 Å². The Bertz CT molecular complexity index is 1050. The maximum atomic E-state index is 13.0. The lowest BCUT2D eigenvalue weighted by molar-refractivity contribution is 0.0907. The van der Waals surface area contributed by atoms with Crippen LogP contribution in [0.2, 0.25) is 10.0 Å². The van der Waals surface area contributed by atoms with Crippen molar-refractivity contribution in [1.29, 1.82) is 0 Å². The number of benzene rings is 2. The number of halogens is 2. The summed E-state index contributed by atoms with van der Waals surface area (Å²) in [6, 6.07) is 11.5. The third-order valence-corrected chi connectivity index (χ3v) is 6.87. The highest BCUT2D eigenvalue weighted by Gasteiger charge is 2.23. The van der Waals surface area contributed by atoms with E-state index in [1.165, 1.54) is 6.42 Å². The predicted molar refractivity (Wildman–Crippen MR) is 134 cm³/mol. The van der Waals surface area contributed by atoms with Gasteiger partial charge in [0.05, 0.1) is 25.8 Å². The number of amides is 2. The number of carbonyl (C=O) groups excluding carboxylic acids is 1. The summed E-state index contributed by atoms with van der Waals surface area (Å²) in [6.07, 6.45) is 4.79. The van der Waals surface area contributed by atoms with E-state index < -0.39 is 6.10 Å². The maximum absolute atomic E-state index is 13.0. The third kappa shape index (κ3) is 5.75. The van der Waals surface area contributed by atoms with Gasteiger partial charge in [-0.05, 0) is 49.2 Å². The van der Waals surface area contributed by atoms with Crippen LogP contribution in [0.4, 0.5) is 4.79 Å². The number of hydrogen-bond donors (Lipinski definition) is 2. The van der Waals surface area contributed by atoms with Crippen LogP contribution in [0.5, 0.6) is 0 Å². The highest BCUT2D eigenvalue weighted by molar-refractivity contribution is 6.33. The second-order valence-electron chi connectivity index (χ2n) is 8.81. The molecule has 1 aliphatic carbocycles. The standard InChI is InChI=1S/C25H31Cl2N3O3/c1-33-12-11-29(25(32)28-19-5-3-2-4-6-19)15-20(31)16-30-23-9-7-17(26)13-21(23)22-14-18(27)8-10-24(22)30/h7-10,13-14,19-20,31H,2-6,11-12,15-16H2,1H3,(H,28,32). The van der Waals surface area contributed by atoms with Gasteiger partial charge in [0.25, 0.3) is 0 Å². The van der Waals surface area contributed by atoms with Crippen LogP contribution in [0.25, 0.3) is 21.8 Å². The molecule has 178 valence electrons. The maximum Gasteiger partial charge on any atom is 0.317 e. The number of aliphatic hydroxyl groups is 1. The number of methoxy groups -OCH3 is 1. The Hall–Kier alpha value is -1.99. The third-order valence-electron chi connectivity index (χ3n) is 6.40. The first-order chi connectivity index (χ1) is 16.0.